The predicted octanol–water partition coefficient (Wildman–Crippen LogP) is 3.20. The van der Waals surface area contributed by atoms with Gasteiger partial charge in [-0.3, -0.25) is 4.79 Å². The SMILES string of the molecule is CC(C)CNC(=O)c1ncsc1-c1ccccc1. The second kappa shape index (κ2) is 5.78. The average Bonchev–Trinajstić information content (AvgIpc) is 2.86. The Labute approximate surface area is 111 Å². The summed E-state index contributed by atoms with van der Waals surface area (Å²) in [4.78, 5) is 17.1. The zero-order valence-electron chi connectivity index (χ0n) is 10.5. The number of amides is 1. The Morgan fingerprint density at radius 1 is 1.33 bits per heavy atom. The van der Waals surface area contributed by atoms with E-state index < -0.39 is 0 Å². The molecule has 0 saturated heterocycles. The van der Waals surface area contributed by atoms with Crippen LogP contribution >= 0.6 is 11.3 Å². The number of nitrogens with one attached hydrogen (secondary N) is 1. The molecule has 3 nitrogen and oxygen atoms in total. The number of nitrogens with zero attached hydrogens (tertiary/aromatic N) is 1. The van der Waals surface area contributed by atoms with E-state index in [9.17, 15) is 4.79 Å². The number of hydrogen-bond donors (Lipinski definition) is 1. The zero-order valence-corrected chi connectivity index (χ0v) is 11.3. The summed E-state index contributed by atoms with van der Waals surface area (Å²) < 4.78 is 0. The van der Waals surface area contributed by atoms with E-state index in [4.69, 9.17) is 0 Å². The average molecular weight is 260 g/mol. The van der Waals surface area contributed by atoms with Crippen LogP contribution in [-0.4, -0.2) is 17.4 Å². The first kappa shape index (κ1) is 12.8. The van der Waals surface area contributed by atoms with E-state index in [1.165, 1.54) is 11.3 Å². The maximum absolute atomic E-state index is 12.0. The third-order valence-electron chi connectivity index (χ3n) is 2.49. The van der Waals surface area contributed by atoms with Crippen LogP contribution in [0, 0.1) is 5.92 Å². The first-order chi connectivity index (χ1) is 8.68. The molecular formula is C14H16N2OS. The van der Waals surface area contributed by atoms with Gasteiger partial charge in [-0.1, -0.05) is 44.2 Å². The number of benzene rings is 1. The van der Waals surface area contributed by atoms with E-state index >= 15 is 0 Å². The van der Waals surface area contributed by atoms with Gasteiger partial charge in [0.2, 0.25) is 0 Å². The monoisotopic (exact) mass is 260 g/mol. The maximum Gasteiger partial charge on any atom is 0.271 e. The van der Waals surface area contributed by atoms with Crippen molar-refractivity contribution in [3.05, 3.63) is 41.5 Å². The molecule has 0 fully saturated rings. The first-order valence-electron chi connectivity index (χ1n) is 5.95. The summed E-state index contributed by atoms with van der Waals surface area (Å²) in [6.45, 7) is 4.81. The number of rotatable bonds is 4. The highest BCUT2D eigenvalue weighted by atomic mass is 32.1. The van der Waals surface area contributed by atoms with Gasteiger partial charge in [-0.2, -0.15) is 0 Å². The van der Waals surface area contributed by atoms with E-state index in [-0.39, 0.29) is 5.91 Å². The largest absolute Gasteiger partial charge is 0.350 e. The van der Waals surface area contributed by atoms with E-state index in [0.717, 1.165) is 10.4 Å². The van der Waals surface area contributed by atoms with Crippen LogP contribution in [0.3, 0.4) is 0 Å². The molecule has 94 valence electrons. The Hall–Kier alpha value is -1.68. The first-order valence-corrected chi connectivity index (χ1v) is 6.83. The van der Waals surface area contributed by atoms with Crippen LogP contribution in [0.15, 0.2) is 35.8 Å². The lowest BCUT2D eigenvalue weighted by molar-refractivity contribution is 0.0945. The number of aromatic nitrogens is 1. The molecule has 0 spiro atoms. The predicted molar refractivity (Wildman–Crippen MR) is 74.7 cm³/mol. The molecule has 0 aliphatic rings. The van der Waals surface area contributed by atoms with Gasteiger partial charge in [0.1, 0.15) is 5.69 Å². The summed E-state index contributed by atoms with van der Waals surface area (Å²) >= 11 is 1.49. The number of thiazole rings is 1. The number of hydrogen-bond acceptors (Lipinski definition) is 3. The Kier molecular flexibility index (Phi) is 4.10. The number of carbonyl (C=O) groups is 1. The molecular weight excluding hydrogens is 244 g/mol. The smallest absolute Gasteiger partial charge is 0.271 e. The molecule has 0 bridgehead atoms. The van der Waals surface area contributed by atoms with Gasteiger partial charge >= 0.3 is 0 Å². The van der Waals surface area contributed by atoms with Gasteiger partial charge in [-0.25, -0.2) is 4.98 Å². The third kappa shape index (κ3) is 2.96. The summed E-state index contributed by atoms with van der Waals surface area (Å²) in [6, 6.07) is 9.87. The minimum absolute atomic E-state index is 0.0937. The Morgan fingerprint density at radius 3 is 2.72 bits per heavy atom. The third-order valence-corrected chi connectivity index (χ3v) is 3.36. The minimum Gasteiger partial charge on any atom is -0.350 e. The highest BCUT2D eigenvalue weighted by Crippen LogP contribution is 2.27. The molecule has 1 N–H and O–H groups in total. The molecule has 1 heterocycles. The van der Waals surface area contributed by atoms with E-state index in [1.54, 1.807) is 5.51 Å². The molecule has 0 radical (unpaired) electrons. The summed E-state index contributed by atoms with van der Waals surface area (Å²) in [5.74, 6) is 0.344. The Morgan fingerprint density at radius 2 is 2.06 bits per heavy atom. The molecule has 0 saturated carbocycles. The van der Waals surface area contributed by atoms with E-state index in [1.807, 2.05) is 30.3 Å². The van der Waals surface area contributed by atoms with Crippen molar-refractivity contribution in [2.24, 2.45) is 5.92 Å². The van der Waals surface area contributed by atoms with Gasteiger partial charge in [0.05, 0.1) is 10.4 Å². The molecule has 0 atom stereocenters. The molecule has 0 aliphatic heterocycles. The van der Waals surface area contributed by atoms with Crippen molar-refractivity contribution < 1.29 is 4.79 Å². The topological polar surface area (TPSA) is 42.0 Å². The summed E-state index contributed by atoms with van der Waals surface area (Å²) in [5, 5.41) is 2.90. The lowest BCUT2D eigenvalue weighted by atomic mass is 10.1. The van der Waals surface area contributed by atoms with Crippen molar-refractivity contribution in [2.45, 2.75) is 13.8 Å². The molecule has 2 aromatic rings. The van der Waals surface area contributed by atoms with Gasteiger partial charge in [-0.15, -0.1) is 11.3 Å². The normalized spacial score (nSPS) is 10.6. The second-order valence-electron chi connectivity index (χ2n) is 4.50. The van der Waals surface area contributed by atoms with Crippen LogP contribution in [0.1, 0.15) is 24.3 Å². The van der Waals surface area contributed by atoms with Crippen molar-refractivity contribution in [1.29, 1.82) is 0 Å². The molecule has 1 aromatic carbocycles. The molecule has 18 heavy (non-hydrogen) atoms. The summed E-state index contributed by atoms with van der Waals surface area (Å²) in [7, 11) is 0. The standard InChI is InChI=1S/C14H16N2OS/c1-10(2)8-15-14(17)12-13(18-9-16-12)11-6-4-3-5-7-11/h3-7,9-10H,8H2,1-2H3,(H,15,17). The van der Waals surface area contributed by atoms with Crippen molar-refractivity contribution in [1.82, 2.24) is 10.3 Å². The summed E-state index contributed by atoms with van der Waals surface area (Å²) in [6.07, 6.45) is 0. The van der Waals surface area contributed by atoms with Crippen LogP contribution < -0.4 is 5.32 Å². The van der Waals surface area contributed by atoms with Crippen molar-refractivity contribution >= 4 is 17.2 Å². The second-order valence-corrected chi connectivity index (χ2v) is 5.35. The van der Waals surface area contributed by atoms with Crippen LogP contribution in [0.25, 0.3) is 10.4 Å². The van der Waals surface area contributed by atoms with E-state index in [0.29, 0.717) is 18.2 Å². The molecule has 0 aliphatic carbocycles. The lowest BCUT2D eigenvalue weighted by Gasteiger charge is -2.07. The maximum atomic E-state index is 12.0. The van der Waals surface area contributed by atoms with Gasteiger partial charge in [-0.05, 0) is 11.5 Å². The quantitative estimate of drug-likeness (QED) is 0.917. The zero-order chi connectivity index (χ0) is 13.0. The highest BCUT2D eigenvalue weighted by molar-refractivity contribution is 7.13. The van der Waals surface area contributed by atoms with Gasteiger partial charge in [0.25, 0.3) is 5.91 Å². The molecule has 1 amide bonds. The Balaban J connectivity index is 2.20. The van der Waals surface area contributed by atoms with E-state index in [2.05, 4.69) is 24.1 Å². The molecule has 2 rings (SSSR count). The van der Waals surface area contributed by atoms with Gasteiger partial charge in [0, 0.05) is 6.54 Å². The van der Waals surface area contributed by atoms with Crippen LogP contribution in [0.4, 0.5) is 0 Å². The lowest BCUT2D eigenvalue weighted by Crippen LogP contribution is -2.27. The van der Waals surface area contributed by atoms with Crippen molar-refractivity contribution in [3.63, 3.8) is 0 Å². The van der Waals surface area contributed by atoms with Crippen LogP contribution in [0.2, 0.25) is 0 Å². The van der Waals surface area contributed by atoms with Gasteiger partial charge < -0.3 is 5.32 Å². The fourth-order valence-corrected chi connectivity index (χ4v) is 2.38. The Bertz CT molecular complexity index is 520. The molecule has 4 heteroatoms. The van der Waals surface area contributed by atoms with Crippen LogP contribution in [-0.2, 0) is 0 Å². The fourth-order valence-electron chi connectivity index (χ4n) is 1.58. The van der Waals surface area contributed by atoms with Crippen molar-refractivity contribution in [3.8, 4) is 10.4 Å². The molecule has 0 unspecified atom stereocenters. The summed E-state index contributed by atoms with van der Waals surface area (Å²) in [5.41, 5.74) is 3.27. The number of carbonyl (C=O) groups excluding carboxylic acids is 1. The fraction of sp³-hybridized carbons (Fsp3) is 0.286. The molecule has 1 aromatic heterocycles. The van der Waals surface area contributed by atoms with Crippen molar-refractivity contribution in [2.75, 3.05) is 6.54 Å². The van der Waals surface area contributed by atoms with Crippen LogP contribution in [0.5, 0.6) is 0 Å². The van der Waals surface area contributed by atoms with Gasteiger partial charge in [0.15, 0.2) is 0 Å². The minimum atomic E-state index is -0.0937. The highest BCUT2D eigenvalue weighted by Gasteiger charge is 2.15.